The van der Waals surface area contributed by atoms with Crippen molar-refractivity contribution in [1.29, 1.82) is 0 Å². The fourth-order valence-corrected chi connectivity index (χ4v) is 3.84. The van der Waals surface area contributed by atoms with Crippen LogP contribution in [-0.2, 0) is 0 Å². The van der Waals surface area contributed by atoms with E-state index >= 15 is 0 Å². The lowest BCUT2D eigenvalue weighted by Crippen LogP contribution is -2.36. The largest absolute Gasteiger partial charge is 0.397 e. The number of thiophene rings is 1. The Morgan fingerprint density at radius 3 is 2.73 bits per heavy atom. The van der Waals surface area contributed by atoms with Crippen LogP contribution in [0.4, 0.5) is 10.1 Å². The number of hydrogen-bond donors (Lipinski definition) is 2. The molecule has 0 spiro atoms. The standard InChI is InChI=1S/C17H19FN2OS/c18-12-6-4-5-11(9-12)15-10-14(19)16(22-15)17(21)20-13-7-2-1-3-8-13/h4-6,9-10,13H,1-3,7-8,19H2,(H,20,21). The van der Waals surface area contributed by atoms with Crippen LogP contribution in [0.3, 0.4) is 0 Å². The Bertz CT molecular complexity index is 677. The molecule has 0 unspecified atom stereocenters. The summed E-state index contributed by atoms with van der Waals surface area (Å²) in [5.41, 5.74) is 7.18. The monoisotopic (exact) mass is 318 g/mol. The number of benzene rings is 1. The summed E-state index contributed by atoms with van der Waals surface area (Å²) in [6, 6.07) is 8.32. The second-order valence-corrected chi connectivity index (χ2v) is 6.77. The zero-order valence-corrected chi connectivity index (χ0v) is 13.1. The topological polar surface area (TPSA) is 55.1 Å². The molecule has 2 aromatic rings. The summed E-state index contributed by atoms with van der Waals surface area (Å²) in [5, 5.41) is 3.07. The van der Waals surface area contributed by atoms with E-state index in [1.807, 2.05) is 6.07 Å². The van der Waals surface area contributed by atoms with Crippen LogP contribution in [0.1, 0.15) is 41.8 Å². The third-order valence-electron chi connectivity index (χ3n) is 4.02. The molecule has 1 saturated carbocycles. The first-order valence-corrected chi connectivity index (χ1v) is 8.41. The maximum absolute atomic E-state index is 13.3. The van der Waals surface area contributed by atoms with E-state index in [0.717, 1.165) is 23.3 Å². The molecule has 1 fully saturated rings. The van der Waals surface area contributed by atoms with E-state index in [4.69, 9.17) is 5.73 Å². The smallest absolute Gasteiger partial charge is 0.263 e. The lowest BCUT2D eigenvalue weighted by Gasteiger charge is -2.22. The molecule has 116 valence electrons. The molecule has 0 bridgehead atoms. The summed E-state index contributed by atoms with van der Waals surface area (Å²) in [6.07, 6.45) is 5.65. The Morgan fingerprint density at radius 1 is 1.23 bits per heavy atom. The minimum absolute atomic E-state index is 0.114. The van der Waals surface area contributed by atoms with Gasteiger partial charge in [-0.3, -0.25) is 4.79 Å². The van der Waals surface area contributed by atoms with Gasteiger partial charge in [0.2, 0.25) is 0 Å². The molecule has 0 saturated heterocycles. The Labute approximate surface area is 133 Å². The van der Waals surface area contributed by atoms with Gasteiger partial charge in [0.05, 0.1) is 5.69 Å². The van der Waals surface area contributed by atoms with Crippen LogP contribution in [0, 0.1) is 5.82 Å². The van der Waals surface area contributed by atoms with E-state index in [2.05, 4.69) is 5.32 Å². The Kier molecular flexibility index (Phi) is 4.43. The van der Waals surface area contributed by atoms with E-state index in [0.29, 0.717) is 10.6 Å². The van der Waals surface area contributed by atoms with Crippen LogP contribution in [0.5, 0.6) is 0 Å². The van der Waals surface area contributed by atoms with Crippen LogP contribution in [0.25, 0.3) is 10.4 Å². The van der Waals surface area contributed by atoms with Crippen molar-refractivity contribution >= 4 is 22.9 Å². The lowest BCUT2D eigenvalue weighted by atomic mass is 9.95. The number of nitrogens with one attached hydrogen (secondary N) is 1. The number of rotatable bonds is 3. The molecule has 1 aliphatic rings. The average Bonchev–Trinajstić information content (AvgIpc) is 2.90. The van der Waals surface area contributed by atoms with E-state index in [9.17, 15) is 9.18 Å². The number of nitrogens with two attached hydrogens (primary N) is 1. The highest BCUT2D eigenvalue weighted by atomic mass is 32.1. The van der Waals surface area contributed by atoms with Crippen molar-refractivity contribution in [2.24, 2.45) is 0 Å². The summed E-state index contributed by atoms with van der Waals surface area (Å²) in [7, 11) is 0. The molecule has 0 radical (unpaired) electrons. The molecular formula is C17H19FN2OS. The van der Waals surface area contributed by atoms with Gasteiger partial charge in [0, 0.05) is 10.9 Å². The van der Waals surface area contributed by atoms with E-state index in [1.54, 1.807) is 12.1 Å². The summed E-state index contributed by atoms with van der Waals surface area (Å²) in [6.45, 7) is 0. The highest BCUT2D eigenvalue weighted by Gasteiger charge is 2.20. The summed E-state index contributed by atoms with van der Waals surface area (Å²) in [5.74, 6) is -0.408. The predicted molar refractivity (Wildman–Crippen MR) is 88.5 cm³/mol. The third kappa shape index (κ3) is 3.30. The van der Waals surface area contributed by atoms with Gasteiger partial charge in [-0.2, -0.15) is 0 Å². The normalized spacial score (nSPS) is 15.7. The number of nitrogen functional groups attached to an aromatic ring is 1. The van der Waals surface area contributed by atoms with E-state index in [-0.39, 0.29) is 17.8 Å². The van der Waals surface area contributed by atoms with Crippen molar-refractivity contribution in [1.82, 2.24) is 5.32 Å². The van der Waals surface area contributed by atoms with Crippen molar-refractivity contribution in [3.05, 3.63) is 41.0 Å². The third-order valence-corrected chi connectivity index (χ3v) is 5.22. The molecule has 1 amide bonds. The van der Waals surface area contributed by atoms with Gasteiger partial charge in [-0.25, -0.2) is 4.39 Å². The fraction of sp³-hybridized carbons (Fsp3) is 0.353. The van der Waals surface area contributed by atoms with Gasteiger partial charge >= 0.3 is 0 Å². The van der Waals surface area contributed by atoms with Gasteiger partial charge in [0.1, 0.15) is 10.7 Å². The zero-order chi connectivity index (χ0) is 15.5. The molecule has 1 heterocycles. The van der Waals surface area contributed by atoms with Crippen LogP contribution in [0.15, 0.2) is 30.3 Å². The van der Waals surface area contributed by atoms with E-state index < -0.39 is 0 Å². The minimum Gasteiger partial charge on any atom is -0.397 e. The second kappa shape index (κ2) is 6.48. The SMILES string of the molecule is Nc1cc(-c2cccc(F)c2)sc1C(=O)NC1CCCCC1. The molecule has 3 nitrogen and oxygen atoms in total. The zero-order valence-electron chi connectivity index (χ0n) is 12.3. The number of halogens is 1. The molecule has 3 rings (SSSR count). The summed E-state index contributed by atoms with van der Waals surface area (Å²) < 4.78 is 13.3. The van der Waals surface area contributed by atoms with Crippen LogP contribution >= 0.6 is 11.3 Å². The molecular weight excluding hydrogens is 299 g/mol. The summed E-state index contributed by atoms with van der Waals surface area (Å²) in [4.78, 5) is 13.7. The van der Waals surface area contributed by atoms with Crippen molar-refractivity contribution in [2.45, 2.75) is 38.1 Å². The highest BCUT2D eigenvalue weighted by molar-refractivity contribution is 7.18. The maximum Gasteiger partial charge on any atom is 0.263 e. The minimum atomic E-state index is -0.294. The summed E-state index contributed by atoms with van der Waals surface area (Å²) >= 11 is 1.31. The molecule has 0 aliphatic heterocycles. The van der Waals surface area contributed by atoms with Gasteiger partial charge in [-0.1, -0.05) is 31.4 Å². The molecule has 1 aromatic carbocycles. The number of hydrogen-bond acceptors (Lipinski definition) is 3. The molecule has 22 heavy (non-hydrogen) atoms. The van der Waals surface area contributed by atoms with Crippen molar-refractivity contribution < 1.29 is 9.18 Å². The lowest BCUT2D eigenvalue weighted by molar-refractivity contribution is 0.0932. The Balaban J connectivity index is 1.78. The van der Waals surface area contributed by atoms with Crippen molar-refractivity contribution in [3.8, 4) is 10.4 Å². The Morgan fingerprint density at radius 2 is 2.00 bits per heavy atom. The van der Waals surface area contributed by atoms with Gasteiger partial charge in [0.15, 0.2) is 0 Å². The van der Waals surface area contributed by atoms with Crippen molar-refractivity contribution in [2.75, 3.05) is 5.73 Å². The maximum atomic E-state index is 13.3. The average molecular weight is 318 g/mol. The number of carbonyl (C=O) groups is 1. The van der Waals surface area contributed by atoms with E-state index in [1.165, 1.54) is 42.7 Å². The number of anilines is 1. The van der Waals surface area contributed by atoms with Crippen molar-refractivity contribution in [3.63, 3.8) is 0 Å². The molecule has 3 N–H and O–H groups in total. The molecule has 0 atom stereocenters. The predicted octanol–water partition coefficient (Wildman–Crippen LogP) is 4.20. The molecule has 1 aliphatic carbocycles. The fourth-order valence-electron chi connectivity index (χ4n) is 2.86. The van der Waals surface area contributed by atoms with Gasteiger partial charge in [0.25, 0.3) is 5.91 Å². The first-order chi connectivity index (χ1) is 10.6. The highest BCUT2D eigenvalue weighted by Crippen LogP contribution is 2.33. The quantitative estimate of drug-likeness (QED) is 0.891. The van der Waals surface area contributed by atoms with Gasteiger partial charge < -0.3 is 11.1 Å². The number of amides is 1. The van der Waals surface area contributed by atoms with Gasteiger partial charge in [-0.15, -0.1) is 11.3 Å². The van der Waals surface area contributed by atoms with Crippen LogP contribution < -0.4 is 11.1 Å². The number of carbonyl (C=O) groups excluding carboxylic acids is 1. The first-order valence-electron chi connectivity index (χ1n) is 7.59. The second-order valence-electron chi connectivity index (χ2n) is 5.71. The Hall–Kier alpha value is -1.88. The van der Waals surface area contributed by atoms with Crippen LogP contribution in [0.2, 0.25) is 0 Å². The molecule has 1 aromatic heterocycles. The molecule has 5 heteroatoms. The van der Waals surface area contributed by atoms with Gasteiger partial charge in [-0.05, 0) is 36.6 Å². The van der Waals surface area contributed by atoms with Crippen LogP contribution in [-0.4, -0.2) is 11.9 Å². The first kappa shape index (κ1) is 15.0.